The van der Waals surface area contributed by atoms with Crippen LogP contribution in [0.1, 0.15) is 5.69 Å². The van der Waals surface area contributed by atoms with Crippen molar-refractivity contribution in [2.45, 2.75) is 12.4 Å². The summed E-state index contributed by atoms with van der Waals surface area (Å²) in [6, 6.07) is 4.05. The summed E-state index contributed by atoms with van der Waals surface area (Å²) in [7, 11) is 0. The zero-order chi connectivity index (χ0) is 7.40. The van der Waals surface area contributed by atoms with Gasteiger partial charge in [0.1, 0.15) is 0 Å². The van der Waals surface area contributed by atoms with Gasteiger partial charge in [-0.25, -0.2) is 0 Å². The van der Waals surface area contributed by atoms with Crippen LogP contribution in [0.25, 0.3) is 0 Å². The van der Waals surface area contributed by atoms with Crippen LogP contribution < -0.4 is 10.2 Å². The Kier molecular flexibility index (Phi) is 2.87. The molecule has 1 rings (SSSR count). The first-order valence-corrected chi connectivity index (χ1v) is 5.63. The van der Waals surface area contributed by atoms with E-state index in [1.165, 1.54) is 4.46 Å². The summed E-state index contributed by atoms with van der Waals surface area (Å²) in [6.07, 6.45) is 1.79. The molecule has 3 heteroatoms. The molecule has 2 nitrogen and oxygen atoms in total. The van der Waals surface area contributed by atoms with Gasteiger partial charge in [0.25, 0.3) is 0 Å². The van der Waals surface area contributed by atoms with Crippen LogP contribution in [0, 0.1) is 0 Å². The molecule has 0 saturated carbocycles. The fourth-order valence-corrected chi connectivity index (χ4v) is 1.99. The van der Waals surface area contributed by atoms with Gasteiger partial charge in [-0.15, -0.1) is 0 Å². The van der Waals surface area contributed by atoms with Gasteiger partial charge in [-0.3, -0.25) is 0 Å². The van der Waals surface area contributed by atoms with Crippen LogP contribution in [-0.4, -0.2) is 19.9 Å². The molecule has 0 radical (unpaired) electrons. The third-order valence-electron chi connectivity index (χ3n) is 1.26. The number of hydrogen-bond donors (Lipinski definition) is 1. The standard InChI is InChI=1S/C7H10N2Se/c1-10-7-3-2-4-9-6(7)5-8/h2-4H,5,8H2,1H3. The van der Waals surface area contributed by atoms with Crippen LogP contribution in [0.4, 0.5) is 0 Å². The molecule has 0 atom stereocenters. The molecule has 0 aliphatic heterocycles. The molecule has 0 amide bonds. The maximum atomic E-state index is 5.47. The molecule has 0 aliphatic carbocycles. The predicted molar refractivity (Wildman–Crippen MR) is 43.4 cm³/mol. The average Bonchev–Trinajstić information content (AvgIpc) is 2.04. The zero-order valence-corrected chi connectivity index (χ0v) is 7.59. The fourth-order valence-electron chi connectivity index (χ4n) is 0.762. The first kappa shape index (κ1) is 7.73. The Morgan fingerprint density at radius 2 is 2.50 bits per heavy atom. The van der Waals surface area contributed by atoms with E-state index in [2.05, 4.69) is 16.9 Å². The molecule has 54 valence electrons. The Labute approximate surface area is 67.0 Å². The molecule has 1 aromatic rings. The SMILES string of the molecule is C[Se]c1cccnc1CN. The second-order valence-electron chi connectivity index (χ2n) is 1.86. The summed E-state index contributed by atoms with van der Waals surface area (Å²) >= 11 is 0.517. The van der Waals surface area contributed by atoms with Crippen molar-refractivity contribution in [1.82, 2.24) is 4.98 Å². The van der Waals surface area contributed by atoms with Crippen molar-refractivity contribution in [2.75, 3.05) is 0 Å². The van der Waals surface area contributed by atoms with Crippen LogP contribution >= 0.6 is 0 Å². The summed E-state index contributed by atoms with van der Waals surface area (Å²) in [6.45, 7) is 0.561. The molecule has 2 N–H and O–H groups in total. The molecule has 1 aromatic heterocycles. The Balaban J connectivity index is 2.96. The van der Waals surface area contributed by atoms with E-state index in [-0.39, 0.29) is 0 Å². The summed E-state index contributed by atoms with van der Waals surface area (Å²) in [4.78, 5) is 4.16. The van der Waals surface area contributed by atoms with Gasteiger partial charge in [0.15, 0.2) is 0 Å². The van der Waals surface area contributed by atoms with E-state index in [4.69, 9.17) is 5.73 Å². The second-order valence-corrected chi connectivity index (χ2v) is 3.64. The number of aromatic nitrogens is 1. The fraction of sp³-hybridized carbons (Fsp3) is 0.286. The predicted octanol–water partition coefficient (Wildman–Crippen LogP) is -0.0821. The van der Waals surface area contributed by atoms with E-state index < -0.39 is 0 Å². The van der Waals surface area contributed by atoms with Gasteiger partial charge in [-0.2, -0.15) is 0 Å². The van der Waals surface area contributed by atoms with Crippen molar-refractivity contribution in [2.24, 2.45) is 5.73 Å². The molecule has 0 saturated heterocycles. The van der Waals surface area contributed by atoms with Crippen molar-refractivity contribution in [3.05, 3.63) is 24.0 Å². The normalized spacial score (nSPS) is 9.80. The van der Waals surface area contributed by atoms with E-state index in [0.717, 1.165) is 5.69 Å². The van der Waals surface area contributed by atoms with Gasteiger partial charge >= 0.3 is 66.5 Å². The summed E-state index contributed by atoms with van der Waals surface area (Å²) < 4.78 is 1.32. The van der Waals surface area contributed by atoms with Gasteiger partial charge in [0, 0.05) is 0 Å². The third-order valence-corrected chi connectivity index (χ3v) is 2.96. The number of rotatable bonds is 2. The molecule has 0 spiro atoms. The minimum atomic E-state index is 0.517. The van der Waals surface area contributed by atoms with E-state index >= 15 is 0 Å². The van der Waals surface area contributed by atoms with Crippen molar-refractivity contribution in [3.8, 4) is 0 Å². The molecule has 10 heavy (non-hydrogen) atoms. The molecule has 0 fully saturated rings. The monoisotopic (exact) mass is 202 g/mol. The van der Waals surface area contributed by atoms with Crippen LogP contribution in [0.15, 0.2) is 18.3 Å². The van der Waals surface area contributed by atoms with Crippen molar-refractivity contribution in [1.29, 1.82) is 0 Å². The topological polar surface area (TPSA) is 38.9 Å². The van der Waals surface area contributed by atoms with Crippen molar-refractivity contribution in [3.63, 3.8) is 0 Å². The first-order valence-electron chi connectivity index (χ1n) is 3.06. The average molecular weight is 201 g/mol. The van der Waals surface area contributed by atoms with Gasteiger partial charge in [0.05, 0.1) is 0 Å². The molecule has 1 heterocycles. The van der Waals surface area contributed by atoms with E-state index in [0.29, 0.717) is 21.5 Å². The van der Waals surface area contributed by atoms with Gasteiger partial charge in [0.2, 0.25) is 0 Å². The Morgan fingerprint density at radius 1 is 1.70 bits per heavy atom. The summed E-state index contributed by atoms with van der Waals surface area (Å²) in [5.74, 6) is 2.17. The molecular weight excluding hydrogens is 191 g/mol. The quantitative estimate of drug-likeness (QED) is 0.679. The third kappa shape index (κ3) is 1.57. The van der Waals surface area contributed by atoms with E-state index in [1.54, 1.807) is 6.20 Å². The van der Waals surface area contributed by atoms with E-state index in [9.17, 15) is 0 Å². The first-order chi connectivity index (χ1) is 4.88. The molecular formula is C7H10N2Se. The molecule has 0 aliphatic rings. The molecule has 0 unspecified atom stereocenters. The number of nitrogens with zero attached hydrogens (tertiary/aromatic N) is 1. The van der Waals surface area contributed by atoms with Crippen LogP contribution in [-0.2, 0) is 6.54 Å². The van der Waals surface area contributed by atoms with Crippen molar-refractivity contribution < 1.29 is 0 Å². The minimum absolute atomic E-state index is 0.517. The van der Waals surface area contributed by atoms with Crippen LogP contribution in [0.3, 0.4) is 0 Å². The second kappa shape index (κ2) is 3.71. The summed E-state index contributed by atoms with van der Waals surface area (Å²) in [5, 5.41) is 0. The summed E-state index contributed by atoms with van der Waals surface area (Å²) in [5.41, 5.74) is 6.52. The zero-order valence-electron chi connectivity index (χ0n) is 5.87. The Hall–Kier alpha value is -0.371. The van der Waals surface area contributed by atoms with Gasteiger partial charge in [-0.1, -0.05) is 0 Å². The van der Waals surface area contributed by atoms with Crippen LogP contribution in [0.2, 0.25) is 5.82 Å². The Bertz CT molecular complexity index is 190. The maximum absolute atomic E-state index is 5.47. The molecule has 0 aromatic carbocycles. The Morgan fingerprint density at radius 3 is 3.00 bits per heavy atom. The van der Waals surface area contributed by atoms with Gasteiger partial charge in [-0.05, 0) is 0 Å². The van der Waals surface area contributed by atoms with Crippen LogP contribution in [0.5, 0.6) is 0 Å². The van der Waals surface area contributed by atoms with Crippen molar-refractivity contribution >= 4 is 19.4 Å². The number of pyridine rings is 1. The molecule has 0 bridgehead atoms. The number of nitrogens with two attached hydrogens (primary N) is 1. The number of hydrogen-bond acceptors (Lipinski definition) is 2. The van der Waals surface area contributed by atoms with Gasteiger partial charge < -0.3 is 0 Å². The van der Waals surface area contributed by atoms with E-state index in [1.807, 2.05) is 6.07 Å².